The molecular weight excluding hydrogens is 287 g/mol. The molecule has 106 valence electrons. The zero-order valence-corrected chi connectivity index (χ0v) is 10.2. The zero-order chi connectivity index (χ0) is 15.1. The second-order valence-corrected chi connectivity index (χ2v) is 4.22. The van der Waals surface area contributed by atoms with Crippen molar-refractivity contribution in [2.45, 2.75) is 0 Å². The molecule has 5 nitrogen and oxygen atoms in total. The van der Waals surface area contributed by atoms with Crippen LogP contribution in [0.1, 0.15) is 0 Å². The zero-order valence-electron chi connectivity index (χ0n) is 10.2. The van der Waals surface area contributed by atoms with Crippen LogP contribution in [-0.4, -0.2) is 20.3 Å². The van der Waals surface area contributed by atoms with Gasteiger partial charge in [-0.05, 0) is 6.07 Å². The highest BCUT2D eigenvalue weighted by Crippen LogP contribution is 2.34. The molecule has 0 aliphatic carbocycles. The van der Waals surface area contributed by atoms with Crippen molar-refractivity contribution in [3.63, 3.8) is 0 Å². The summed E-state index contributed by atoms with van der Waals surface area (Å²) in [4.78, 5) is 14.2. The molecule has 0 aliphatic heterocycles. The summed E-state index contributed by atoms with van der Waals surface area (Å²) in [5.74, 6) is -4.38. The number of nitrogens with one attached hydrogen (secondary N) is 1. The van der Waals surface area contributed by atoms with Crippen LogP contribution in [-0.2, 0) is 0 Å². The van der Waals surface area contributed by atoms with Gasteiger partial charge >= 0.3 is 0 Å². The number of nitrogens with zero attached hydrogens (tertiary/aromatic N) is 2. The van der Waals surface area contributed by atoms with Gasteiger partial charge in [0.15, 0.2) is 5.65 Å². The Hall–Kier alpha value is -2.90. The monoisotopic (exact) mass is 293 g/mol. The minimum Gasteiger partial charge on any atom is -0.506 e. The lowest BCUT2D eigenvalue weighted by molar-refractivity contribution is 0.480. The highest BCUT2D eigenvalue weighted by atomic mass is 19.1. The third-order valence-corrected chi connectivity index (χ3v) is 2.93. The van der Waals surface area contributed by atoms with Crippen LogP contribution in [0.2, 0.25) is 0 Å². The predicted octanol–water partition coefficient (Wildman–Crippen LogP) is 2.11. The molecule has 3 rings (SSSR count). The maximum atomic E-state index is 13.8. The van der Waals surface area contributed by atoms with Gasteiger partial charge in [-0.1, -0.05) is 0 Å². The Labute approximate surface area is 114 Å². The van der Waals surface area contributed by atoms with Gasteiger partial charge < -0.3 is 10.1 Å². The topological polar surface area (TPSA) is 78.9 Å². The Bertz CT molecular complexity index is 901. The molecule has 2 heterocycles. The molecule has 2 aromatic heterocycles. The first kappa shape index (κ1) is 13.1. The lowest BCUT2D eigenvalue weighted by Crippen LogP contribution is -2.12. The van der Waals surface area contributed by atoms with Crippen LogP contribution in [0.15, 0.2) is 29.2 Å². The molecule has 0 radical (unpaired) electrons. The van der Waals surface area contributed by atoms with Gasteiger partial charge in [-0.25, -0.2) is 13.2 Å². The predicted molar refractivity (Wildman–Crippen MR) is 67.1 cm³/mol. The van der Waals surface area contributed by atoms with Crippen molar-refractivity contribution in [1.29, 1.82) is 0 Å². The van der Waals surface area contributed by atoms with Crippen molar-refractivity contribution in [3.05, 3.63) is 52.2 Å². The molecule has 0 bridgehead atoms. The summed E-state index contributed by atoms with van der Waals surface area (Å²) in [6, 6.07) is 2.16. The maximum absolute atomic E-state index is 13.8. The molecule has 0 spiro atoms. The highest BCUT2D eigenvalue weighted by Gasteiger charge is 2.22. The van der Waals surface area contributed by atoms with E-state index >= 15 is 0 Å². The largest absolute Gasteiger partial charge is 0.506 e. The maximum Gasteiger partial charge on any atom is 0.261 e. The van der Waals surface area contributed by atoms with Crippen LogP contribution < -0.4 is 5.56 Å². The molecule has 0 atom stereocenters. The van der Waals surface area contributed by atoms with Crippen LogP contribution in [0.5, 0.6) is 5.75 Å². The molecule has 0 fully saturated rings. The SMILES string of the molecule is O=c1[nH]c2nnccc2c(O)c1-c1c(F)cc(F)cc1F. The number of halogens is 3. The average Bonchev–Trinajstić information content (AvgIpc) is 2.41. The van der Waals surface area contributed by atoms with Gasteiger partial charge in [0.25, 0.3) is 5.56 Å². The molecule has 0 amide bonds. The summed E-state index contributed by atoms with van der Waals surface area (Å²) in [5, 5.41) is 17.2. The molecule has 2 N–H and O–H groups in total. The van der Waals surface area contributed by atoms with Gasteiger partial charge in [0.1, 0.15) is 23.2 Å². The van der Waals surface area contributed by atoms with E-state index in [9.17, 15) is 23.1 Å². The molecule has 0 unspecified atom stereocenters. The summed E-state index contributed by atoms with van der Waals surface area (Å²) in [6.07, 6.45) is 1.24. The highest BCUT2D eigenvalue weighted by molar-refractivity contribution is 5.89. The first-order valence-corrected chi connectivity index (χ1v) is 5.70. The van der Waals surface area contributed by atoms with E-state index in [-0.39, 0.29) is 11.0 Å². The van der Waals surface area contributed by atoms with Crippen molar-refractivity contribution in [2.75, 3.05) is 0 Å². The van der Waals surface area contributed by atoms with E-state index in [0.717, 1.165) is 0 Å². The third kappa shape index (κ3) is 2.00. The second-order valence-electron chi connectivity index (χ2n) is 4.22. The van der Waals surface area contributed by atoms with Crippen molar-refractivity contribution >= 4 is 11.0 Å². The molecule has 21 heavy (non-hydrogen) atoms. The van der Waals surface area contributed by atoms with E-state index < -0.39 is 39.9 Å². The number of fused-ring (bicyclic) bond motifs is 1. The quantitative estimate of drug-likeness (QED) is 0.720. The van der Waals surface area contributed by atoms with E-state index in [1.54, 1.807) is 0 Å². The Morgan fingerprint density at radius 1 is 1.10 bits per heavy atom. The fourth-order valence-corrected chi connectivity index (χ4v) is 2.04. The van der Waals surface area contributed by atoms with Crippen LogP contribution in [0.25, 0.3) is 22.2 Å². The molecular formula is C13H6F3N3O2. The van der Waals surface area contributed by atoms with Crippen molar-refractivity contribution in [3.8, 4) is 16.9 Å². The molecule has 0 aliphatic rings. The normalized spacial score (nSPS) is 11.0. The molecule has 0 saturated carbocycles. The number of hydrogen-bond donors (Lipinski definition) is 2. The Morgan fingerprint density at radius 2 is 1.76 bits per heavy atom. The van der Waals surface area contributed by atoms with Gasteiger partial charge in [0, 0.05) is 12.1 Å². The standard InChI is InChI=1S/C13H6F3N3O2/c14-5-3-7(15)9(8(16)4-5)10-11(20)6-1-2-17-19-12(6)18-13(10)21/h1-4H,(H2,18,19,20,21). The smallest absolute Gasteiger partial charge is 0.261 e. The number of aromatic hydroxyl groups is 1. The van der Waals surface area contributed by atoms with Crippen LogP contribution in [0.3, 0.4) is 0 Å². The van der Waals surface area contributed by atoms with E-state index in [1.165, 1.54) is 12.3 Å². The fourth-order valence-electron chi connectivity index (χ4n) is 2.04. The molecule has 1 aromatic carbocycles. The fraction of sp³-hybridized carbons (Fsp3) is 0. The minimum atomic E-state index is -1.30. The first-order valence-electron chi connectivity index (χ1n) is 5.70. The van der Waals surface area contributed by atoms with Gasteiger partial charge in [-0.3, -0.25) is 4.79 Å². The number of rotatable bonds is 1. The molecule has 0 saturated heterocycles. The van der Waals surface area contributed by atoms with Crippen LogP contribution >= 0.6 is 0 Å². The number of aromatic nitrogens is 3. The lowest BCUT2D eigenvalue weighted by Gasteiger charge is -2.08. The third-order valence-electron chi connectivity index (χ3n) is 2.93. The summed E-state index contributed by atoms with van der Waals surface area (Å²) in [7, 11) is 0. The van der Waals surface area contributed by atoms with E-state index in [4.69, 9.17) is 0 Å². The summed E-state index contributed by atoms with van der Waals surface area (Å²) >= 11 is 0. The lowest BCUT2D eigenvalue weighted by atomic mass is 10.0. The van der Waals surface area contributed by atoms with Crippen LogP contribution in [0, 0.1) is 17.5 Å². The number of H-pyrrole nitrogens is 1. The number of aromatic amines is 1. The summed E-state index contributed by atoms with van der Waals surface area (Å²) < 4.78 is 40.5. The Kier molecular flexibility index (Phi) is 2.86. The van der Waals surface area contributed by atoms with E-state index in [1.807, 2.05) is 0 Å². The number of pyridine rings is 1. The van der Waals surface area contributed by atoms with E-state index in [2.05, 4.69) is 15.2 Å². The first-order chi connectivity index (χ1) is 9.99. The Balaban J connectivity index is 2.44. The van der Waals surface area contributed by atoms with Gasteiger partial charge in [-0.15, -0.1) is 5.10 Å². The van der Waals surface area contributed by atoms with Gasteiger partial charge in [0.2, 0.25) is 0 Å². The van der Waals surface area contributed by atoms with Crippen molar-refractivity contribution < 1.29 is 18.3 Å². The summed E-state index contributed by atoms with van der Waals surface area (Å²) in [6.45, 7) is 0. The van der Waals surface area contributed by atoms with Crippen molar-refractivity contribution in [1.82, 2.24) is 15.2 Å². The van der Waals surface area contributed by atoms with Crippen molar-refractivity contribution in [2.24, 2.45) is 0 Å². The second kappa shape index (κ2) is 4.58. The summed E-state index contributed by atoms with van der Waals surface area (Å²) in [5.41, 5.74) is -2.45. The molecule has 3 aromatic rings. The van der Waals surface area contributed by atoms with E-state index in [0.29, 0.717) is 12.1 Å². The number of benzene rings is 1. The van der Waals surface area contributed by atoms with Crippen LogP contribution in [0.4, 0.5) is 13.2 Å². The number of hydrogen-bond acceptors (Lipinski definition) is 4. The Morgan fingerprint density at radius 3 is 2.43 bits per heavy atom. The molecule has 8 heteroatoms. The van der Waals surface area contributed by atoms with Gasteiger partial charge in [-0.2, -0.15) is 5.10 Å². The average molecular weight is 293 g/mol. The minimum absolute atomic E-state index is 0.0355. The van der Waals surface area contributed by atoms with Gasteiger partial charge in [0.05, 0.1) is 22.7 Å².